The van der Waals surface area contributed by atoms with E-state index in [1.807, 2.05) is 0 Å². The Balaban J connectivity index is 2.24. The third kappa shape index (κ3) is 3.32. The summed E-state index contributed by atoms with van der Waals surface area (Å²) in [5.41, 5.74) is 0. The van der Waals surface area contributed by atoms with Gasteiger partial charge in [0.1, 0.15) is 6.54 Å². The van der Waals surface area contributed by atoms with E-state index in [0.717, 1.165) is 17.1 Å². The van der Waals surface area contributed by atoms with Crippen LogP contribution in [0.3, 0.4) is 0 Å². The molecule has 0 aromatic heterocycles. The molecule has 116 valence electrons. The van der Waals surface area contributed by atoms with Crippen LogP contribution >= 0.6 is 0 Å². The molecular weight excluding hydrogens is 306 g/mol. The van der Waals surface area contributed by atoms with Crippen LogP contribution in [-0.2, 0) is 24.7 Å². The Morgan fingerprint density at radius 2 is 1.80 bits per heavy atom. The Kier molecular flexibility index (Phi) is 4.41. The zero-order valence-electron chi connectivity index (χ0n) is 11.1. The predicted octanol–water partition coefficient (Wildman–Crippen LogP) is -0.167. The number of rotatable bonds is 5. The van der Waals surface area contributed by atoms with Gasteiger partial charge < -0.3 is 5.11 Å². The molecule has 9 heteroatoms. The third-order valence-electron chi connectivity index (χ3n) is 3.96. The van der Waals surface area contributed by atoms with Crippen LogP contribution < -0.4 is 0 Å². The molecule has 0 amide bonds. The lowest BCUT2D eigenvalue weighted by molar-refractivity contribution is -0.137. The van der Waals surface area contributed by atoms with Crippen LogP contribution in [0.2, 0.25) is 0 Å². The molecule has 1 saturated carbocycles. The standard InChI is InChI=1S/C11H19NO6S2/c13-11(14)7-12(9-3-1-2-4-9)20(17,18)10-5-6-19(15,16)8-10/h9-10H,1-8H2,(H,13,14). The Hall–Kier alpha value is -0.670. The second-order valence-corrected chi connectivity index (χ2v) is 9.84. The molecule has 0 aromatic carbocycles. The van der Waals surface area contributed by atoms with Crippen molar-refractivity contribution in [3.63, 3.8) is 0 Å². The minimum Gasteiger partial charge on any atom is -0.480 e. The molecule has 2 rings (SSSR count). The van der Waals surface area contributed by atoms with Gasteiger partial charge in [0.05, 0.1) is 16.8 Å². The van der Waals surface area contributed by atoms with Crippen molar-refractivity contribution in [1.29, 1.82) is 0 Å². The summed E-state index contributed by atoms with van der Waals surface area (Å²) in [4.78, 5) is 10.9. The zero-order chi connectivity index (χ0) is 15.0. The summed E-state index contributed by atoms with van der Waals surface area (Å²) in [5.74, 6) is -1.73. The lowest BCUT2D eigenvalue weighted by Gasteiger charge is -2.28. The molecule has 0 radical (unpaired) electrons. The van der Waals surface area contributed by atoms with Crippen LogP contribution in [0.25, 0.3) is 0 Å². The Bertz CT molecular complexity index is 576. The second kappa shape index (κ2) is 5.61. The van der Waals surface area contributed by atoms with Crippen molar-refractivity contribution < 1.29 is 26.7 Å². The number of sulfonamides is 1. The Labute approximate surface area is 118 Å². The van der Waals surface area contributed by atoms with Gasteiger partial charge in [0, 0.05) is 6.04 Å². The normalized spacial score (nSPS) is 27.1. The number of hydrogen-bond donors (Lipinski definition) is 1. The largest absolute Gasteiger partial charge is 0.480 e. The molecule has 7 nitrogen and oxygen atoms in total. The molecule has 1 unspecified atom stereocenters. The van der Waals surface area contributed by atoms with E-state index in [9.17, 15) is 21.6 Å². The minimum absolute atomic E-state index is 0.0630. The Morgan fingerprint density at radius 1 is 1.20 bits per heavy atom. The number of sulfone groups is 1. The summed E-state index contributed by atoms with van der Waals surface area (Å²) in [5, 5.41) is 7.94. The van der Waals surface area contributed by atoms with E-state index in [-0.39, 0.29) is 18.2 Å². The number of carbonyl (C=O) groups is 1. The summed E-state index contributed by atoms with van der Waals surface area (Å²) in [6.07, 6.45) is 3.10. The van der Waals surface area contributed by atoms with Crippen molar-refractivity contribution >= 4 is 25.8 Å². The van der Waals surface area contributed by atoms with Gasteiger partial charge in [-0.25, -0.2) is 16.8 Å². The highest BCUT2D eigenvalue weighted by Crippen LogP contribution is 2.30. The van der Waals surface area contributed by atoms with E-state index in [0.29, 0.717) is 12.8 Å². The lowest BCUT2D eigenvalue weighted by atomic mass is 10.2. The molecule has 2 fully saturated rings. The van der Waals surface area contributed by atoms with Gasteiger partial charge in [-0.1, -0.05) is 12.8 Å². The average Bonchev–Trinajstić information content (AvgIpc) is 2.94. The van der Waals surface area contributed by atoms with Gasteiger partial charge >= 0.3 is 5.97 Å². The maximum absolute atomic E-state index is 12.5. The molecule has 1 N–H and O–H groups in total. The number of aliphatic carboxylic acids is 1. The first-order valence-electron chi connectivity index (χ1n) is 6.65. The van der Waals surface area contributed by atoms with Crippen LogP contribution in [-0.4, -0.2) is 61.6 Å². The van der Waals surface area contributed by atoms with Crippen molar-refractivity contribution in [2.45, 2.75) is 43.4 Å². The maximum Gasteiger partial charge on any atom is 0.318 e. The van der Waals surface area contributed by atoms with E-state index in [1.54, 1.807) is 0 Å². The van der Waals surface area contributed by atoms with Crippen LogP contribution in [0.15, 0.2) is 0 Å². The van der Waals surface area contributed by atoms with Gasteiger partial charge in [0.2, 0.25) is 10.0 Å². The van der Waals surface area contributed by atoms with Gasteiger partial charge in [0.15, 0.2) is 9.84 Å². The van der Waals surface area contributed by atoms with Gasteiger partial charge in [0.25, 0.3) is 0 Å². The van der Waals surface area contributed by atoms with Crippen molar-refractivity contribution in [3.05, 3.63) is 0 Å². The summed E-state index contributed by atoms with van der Waals surface area (Å²) in [6, 6.07) is -0.306. The molecule has 0 aromatic rings. The van der Waals surface area contributed by atoms with Crippen molar-refractivity contribution in [2.75, 3.05) is 18.1 Å². The smallest absolute Gasteiger partial charge is 0.318 e. The molecule has 1 aliphatic carbocycles. The molecule has 1 aliphatic heterocycles. The highest BCUT2D eigenvalue weighted by Gasteiger charge is 2.43. The zero-order valence-corrected chi connectivity index (χ0v) is 12.7. The van der Waals surface area contributed by atoms with E-state index in [1.165, 1.54) is 0 Å². The quantitative estimate of drug-likeness (QED) is 0.752. The van der Waals surface area contributed by atoms with E-state index >= 15 is 0 Å². The molecule has 20 heavy (non-hydrogen) atoms. The topological polar surface area (TPSA) is 109 Å². The van der Waals surface area contributed by atoms with Crippen molar-refractivity contribution in [1.82, 2.24) is 4.31 Å². The van der Waals surface area contributed by atoms with Gasteiger partial charge in [-0.3, -0.25) is 4.79 Å². The minimum atomic E-state index is -3.88. The molecule has 0 spiro atoms. The molecule has 2 aliphatic rings. The van der Waals surface area contributed by atoms with E-state index in [4.69, 9.17) is 5.11 Å². The predicted molar refractivity (Wildman–Crippen MR) is 72.6 cm³/mol. The van der Waals surface area contributed by atoms with Crippen molar-refractivity contribution in [3.8, 4) is 0 Å². The molecule has 1 saturated heterocycles. The fraction of sp³-hybridized carbons (Fsp3) is 0.909. The SMILES string of the molecule is O=C(O)CN(C1CCCC1)S(=O)(=O)C1CCS(=O)(=O)C1. The number of carboxylic acid groups (broad SMARTS) is 1. The summed E-state index contributed by atoms with van der Waals surface area (Å²) < 4.78 is 49.0. The number of nitrogens with zero attached hydrogens (tertiary/aromatic N) is 1. The maximum atomic E-state index is 12.5. The van der Waals surface area contributed by atoms with Crippen LogP contribution in [0.5, 0.6) is 0 Å². The summed E-state index contributed by atoms with van der Waals surface area (Å²) in [7, 11) is -7.19. The Morgan fingerprint density at radius 3 is 2.25 bits per heavy atom. The number of carboxylic acids is 1. The average molecular weight is 325 g/mol. The van der Waals surface area contributed by atoms with Crippen molar-refractivity contribution in [2.24, 2.45) is 0 Å². The molecule has 1 atom stereocenters. The first kappa shape index (κ1) is 15.7. The fourth-order valence-electron chi connectivity index (χ4n) is 2.94. The fourth-order valence-corrected chi connectivity index (χ4v) is 7.66. The molecule has 1 heterocycles. The highest BCUT2D eigenvalue weighted by molar-refractivity contribution is 7.95. The van der Waals surface area contributed by atoms with Gasteiger partial charge in [-0.05, 0) is 19.3 Å². The monoisotopic (exact) mass is 325 g/mol. The highest BCUT2D eigenvalue weighted by atomic mass is 32.2. The van der Waals surface area contributed by atoms with E-state index in [2.05, 4.69) is 0 Å². The van der Waals surface area contributed by atoms with Gasteiger partial charge in [-0.15, -0.1) is 0 Å². The van der Waals surface area contributed by atoms with Crippen LogP contribution in [0, 0.1) is 0 Å². The first-order valence-corrected chi connectivity index (χ1v) is 9.98. The first-order chi connectivity index (χ1) is 9.22. The van der Waals surface area contributed by atoms with Crippen LogP contribution in [0.4, 0.5) is 0 Å². The lowest BCUT2D eigenvalue weighted by Crippen LogP contribution is -2.47. The molecule has 0 bridgehead atoms. The van der Waals surface area contributed by atoms with E-state index < -0.39 is 43.4 Å². The second-order valence-electron chi connectivity index (χ2n) is 5.45. The number of hydrogen-bond acceptors (Lipinski definition) is 5. The van der Waals surface area contributed by atoms with Crippen LogP contribution in [0.1, 0.15) is 32.1 Å². The molecular formula is C11H19NO6S2. The summed E-state index contributed by atoms with van der Waals surface area (Å²) >= 11 is 0. The van der Waals surface area contributed by atoms with Gasteiger partial charge in [-0.2, -0.15) is 4.31 Å². The summed E-state index contributed by atoms with van der Waals surface area (Å²) in [6.45, 7) is -0.580. The third-order valence-corrected chi connectivity index (χ3v) is 8.27.